The molecule has 112 valence electrons. The molecule has 1 N–H and O–H groups in total. The van der Waals surface area contributed by atoms with E-state index in [2.05, 4.69) is 0 Å². The zero-order valence-corrected chi connectivity index (χ0v) is 12.4. The fraction of sp³-hybridized carbons (Fsp3) is 0.750. The summed E-state index contributed by atoms with van der Waals surface area (Å²) in [5.41, 5.74) is 0. The molecule has 0 aliphatic carbocycles. The highest BCUT2D eigenvalue weighted by molar-refractivity contribution is 8.00. The Morgan fingerprint density at radius 3 is 2.70 bits per heavy atom. The van der Waals surface area contributed by atoms with Crippen LogP contribution in [0, 0.1) is 0 Å². The van der Waals surface area contributed by atoms with Gasteiger partial charge in [-0.25, -0.2) is 9.59 Å². The summed E-state index contributed by atoms with van der Waals surface area (Å²) in [5, 5.41) is 9.02. The van der Waals surface area contributed by atoms with Crippen molar-refractivity contribution >= 4 is 29.7 Å². The highest BCUT2D eigenvalue weighted by atomic mass is 32.2. The van der Waals surface area contributed by atoms with Gasteiger partial charge in [-0.1, -0.05) is 0 Å². The monoisotopic (exact) mass is 301 g/mol. The van der Waals surface area contributed by atoms with E-state index in [1.807, 2.05) is 6.92 Å². The average molecular weight is 301 g/mol. The van der Waals surface area contributed by atoms with Crippen molar-refractivity contribution < 1.29 is 19.5 Å². The molecule has 0 aromatic carbocycles. The van der Waals surface area contributed by atoms with Crippen LogP contribution >= 0.6 is 11.8 Å². The van der Waals surface area contributed by atoms with Gasteiger partial charge in [-0.3, -0.25) is 9.69 Å². The van der Waals surface area contributed by atoms with E-state index in [1.165, 1.54) is 21.6 Å². The smallest absolute Gasteiger partial charge is 0.327 e. The van der Waals surface area contributed by atoms with Crippen LogP contribution in [0.15, 0.2) is 0 Å². The van der Waals surface area contributed by atoms with Gasteiger partial charge in [0, 0.05) is 25.9 Å². The Morgan fingerprint density at radius 1 is 1.35 bits per heavy atom. The van der Waals surface area contributed by atoms with E-state index < -0.39 is 12.0 Å². The van der Waals surface area contributed by atoms with E-state index in [9.17, 15) is 19.5 Å². The van der Waals surface area contributed by atoms with Crippen LogP contribution in [0.1, 0.15) is 13.3 Å². The molecule has 0 saturated carbocycles. The third kappa shape index (κ3) is 2.84. The number of amides is 3. The minimum absolute atomic E-state index is 0.0234. The third-order valence-corrected chi connectivity index (χ3v) is 4.89. The Morgan fingerprint density at radius 2 is 2.05 bits per heavy atom. The lowest BCUT2D eigenvalue weighted by Crippen LogP contribution is -2.52. The first-order valence-corrected chi connectivity index (χ1v) is 7.62. The summed E-state index contributed by atoms with van der Waals surface area (Å²) < 4.78 is 0. The van der Waals surface area contributed by atoms with Crippen molar-refractivity contribution in [1.29, 1.82) is 0 Å². The fourth-order valence-electron chi connectivity index (χ4n) is 2.44. The average Bonchev–Trinajstić information content (AvgIpc) is 2.69. The number of carbonyl (C=O) groups excluding carboxylic acids is 2. The second kappa shape index (κ2) is 5.90. The largest absolute Gasteiger partial charge is 0.480 e. The molecule has 2 saturated heterocycles. The normalized spacial score (nSPS) is 27.7. The van der Waals surface area contributed by atoms with Crippen LogP contribution in [0.25, 0.3) is 0 Å². The van der Waals surface area contributed by atoms with Gasteiger partial charge >= 0.3 is 12.0 Å². The molecule has 7 nitrogen and oxygen atoms in total. The van der Waals surface area contributed by atoms with Gasteiger partial charge in [-0.2, -0.15) is 0 Å². The minimum atomic E-state index is -0.992. The Balaban J connectivity index is 2.13. The van der Waals surface area contributed by atoms with Crippen molar-refractivity contribution in [2.24, 2.45) is 0 Å². The molecule has 2 heterocycles. The van der Waals surface area contributed by atoms with Crippen LogP contribution in [0.2, 0.25) is 0 Å². The van der Waals surface area contributed by atoms with Crippen molar-refractivity contribution in [3.8, 4) is 0 Å². The van der Waals surface area contributed by atoms with E-state index in [-0.39, 0.29) is 23.9 Å². The lowest BCUT2D eigenvalue weighted by atomic mass is 10.3. The topological polar surface area (TPSA) is 81.2 Å². The summed E-state index contributed by atoms with van der Waals surface area (Å²) in [4.78, 5) is 40.0. The second-order valence-electron chi connectivity index (χ2n) is 5.07. The van der Waals surface area contributed by atoms with Gasteiger partial charge in [-0.05, 0) is 13.3 Å². The first-order valence-electron chi connectivity index (χ1n) is 6.57. The van der Waals surface area contributed by atoms with Crippen molar-refractivity contribution in [2.45, 2.75) is 24.8 Å². The highest BCUT2D eigenvalue weighted by Gasteiger charge is 2.41. The molecular formula is C12H19N3O4S. The molecule has 2 aliphatic rings. The van der Waals surface area contributed by atoms with Crippen LogP contribution in [0.3, 0.4) is 0 Å². The Kier molecular flexibility index (Phi) is 4.42. The molecule has 0 radical (unpaired) electrons. The Labute approximate surface area is 121 Å². The van der Waals surface area contributed by atoms with Gasteiger partial charge in [-0.15, -0.1) is 11.8 Å². The zero-order chi connectivity index (χ0) is 14.9. The van der Waals surface area contributed by atoms with Gasteiger partial charge in [0.05, 0.1) is 5.37 Å². The maximum Gasteiger partial charge on any atom is 0.327 e. The molecule has 2 atom stereocenters. The molecule has 0 spiro atoms. The van der Waals surface area contributed by atoms with E-state index in [1.54, 1.807) is 11.9 Å². The van der Waals surface area contributed by atoms with E-state index in [0.717, 1.165) is 0 Å². The molecule has 8 heteroatoms. The molecule has 2 rings (SSSR count). The molecule has 3 amide bonds. The quantitative estimate of drug-likeness (QED) is 0.744. The molecule has 2 fully saturated rings. The molecule has 0 bridgehead atoms. The first kappa shape index (κ1) is 15.0. The number of aliphatic carboxylic acids is 1. The van der Waals surface area contributed by atoms with Crippen LogP contribution < -0.4 is 0 Å². The van der Waals surface area contributed by atoms with Gasteiger partial charge < -0.3 is 14.9 Å². The number of hydrogen-bond acceptors (Lipinski definition) is 4. The summed E-state index contributed by atoms with van der Waals surface area (Å²) in [6.45, 7) is 2.94. The van der Waals surface area contributed by atoms with E-state index >= 15 is 0 Å². The standard InChI is InChI=1S/C12H19N3O4S/c1-8-15(9(7-20-8)11(17)18)12(19)14-5-3-4-13(2)10(16)6-14/h8-9H,3-7H2,1-2H3,(H,17,18). The van der Waals surface area contributed by atoms with Gasteiger partial charge in [0.1, 0.15) is 12.6 Å². The Hall–Kier alpha value is -1.44. The van der Waals surface area contributed by atoms with Gasteiger partial charge in [0.25, 0.3) is 0 Å². The van der Waals surface area contributed by atoms with Crippen LogP contribution in [-0.2, 0) is 9.59 Å². The molecule has 0 aromatic heterocycles. The number of likely N-dealkylation sites (N-methyl/N-ethyl adjacent to an activating group) is 1. The molecule has 2 aliphatic heterocycles. The predicted molar refractivity (Wildman–Crippen MR) is 74.4 cm³/mol. The molecule has 2 unspecified atom stereocenters. The summed E-state index contributed by atoms with van der Waals surface area (Å²) in [6, 6.07) is -1.16. The fourth-order valence-corrected chi connectivity index (χ4v) is 3.60. The summed E-state index contributed by atoms with van der Waals surface area (Å²) in [7, 11) is 1.71. The van der Waals surface area contributed by atoms with E-state index in [4.69, 9.17) is 0 Å². The maximum absolute atomic E-state index is 12.5. The van der Waals surface area contributed by atoms with Crippen molar-refractivity contribution in [3.05, 3.63) is 0 Å². The van der Waals surface area contributed by atoms with Crippen molar-refractivity contribution in [3.63, 3.8) is 0 Å². The van der Waals surface area contributed by atoms with Crippen LogP contribution in [0.5, 0.6) is 0 Å². The second-order valence-corrected chi connectivity index (χ2v) is 6.42. The number of hydrogen-bond donors (Lipinski definition) is 1. The predicted octanol–water partition coefficient (Wildman–Crippen LogP) is 0.119. The van der Waals surface area contributed by atoms with Gasteiger partial charge in [0.2, 0.25) is 5.91 Å². The number of carboxylic acid groups (broad SMARTS) is 1. The number of nitrogens with zero attached hydrogens (tertiary/aromatic N) is 3. The Bertz CT molecular complexity index is 431. The number of thioether (sulfide) groups is 1. The summed E-state index contributed by atoms with van der Waals surface area (Å²) in [5.74, 6) is -0.708. The number of carbonyl (C=O) groups is 3. The lowest BCUT2D eigenvalue weighted by molar-refractivity contribution is -0.141. The molecule has 0 aromatic rings. The molecular weight excluding hydrogens is 282 g/mol. The van der Waals surface area contributed by atoms with Crippen LogP contribution in [-0.4, -0.2) is 81.6 Å². The SMILES string of the molecule is CC1SCC(C(=O)O)N1C(=O)N1CCCN(C)C(=O)C1. The van der Waals surface area contributed by atoms with E-state index in [0.29, 0.717) is 25.3 Å². The zero-order valence-electron chi connectivity index (χ0n) is 11.6. The lowest BCUT2D eigenvalue weighted by Gasteiger charge is -2.31. The third-order valence-electron chi connectivity index (χ3n) is 3.67. The van der Waals surface area contributed by atoms with Crippen molar-refractivity contribution in [1.82, 2.24) is 14.7 Å². The highest BCUT2D eigenvalue weighted by Crippen LogP contribution is 2.30. The van der Waals surface area contributed by atoms with Crippen LogP contribution in [0.4, 0.5) is 4.79 Å². The summed E-state index contributed by atoms with van der Waals surface area (Å²) >= 11 is 1.44. The number of rotatable bonds is 1. The number of carboxylic acids is 1. The van der Waals surface area contributed by atoms with Gasteiger partial charge in [0.15, 0.2) is 0 Å². The van der Waals surface area contributed by atoms with Crippen molar-refractivity contribution in [2.75, 3.05) is 32.4 Å². The number of urea groups is 1. The minimum Gasteiger partial charge on any atom is -0.480 e. The summed E-state index contributed by atoms with van der Waals surface area (Å²) in [6.07, 6.45) is 0.709. The first-order chi connectivity index (χ1) is 9.41. The maximum atomic E-state index is 12.5. The molecule has 20 heavy (non-hydrogen) atoms.